The zero-order valence-electron chi connectivity index (χ0n) is 16.6. The van der Waals surface area contributed by atoms with Crippen LogP contribution in [0.3, 0.4) is 0 Å². The molecule has 0 aliphatic carbocycles. The molecule has 0 fully saturated rings. The number of hydrogen-bond acceptors (Lipinski definition) is 4. The number of hydrogen-bond donors (Lipinski definition) is 2. The highest BCUT2D eigenvalue weighted by atomic mass is 32.2. The third-order valence-corrected chi connectivity index (χ3v) is 7.01. The van der Waals surface area contributed by atoms with Crippen LogP contribution >= 0.6 is 0 Å². The number of aryl methyl sites for hydroxylation is 1. The molecule has 1 aliphatic rings. The molecule has 0 aromatic heterocycles. The first kappa shape index (κ1) is 21.0. The van der Waals surface area contributed by atoms with E-state index in [0.717, 1.165) is 24.1 Å². The number of carbonyl (C=O) groups is 2. The lowest BCUT2D eigenvalue weighted by molar-refractivity contribution is -0.116. The van der Waals surface area contributed by atoms with E-state index in [0.29, 0.717) is 30.8 Å². The number of amides is 2. The molecule has 7 nitrogen and oxygen atoms in total. The van der Waals surface area contributed by atoms with Gasteiger partial charge in [0.1, 0.15) is 0 Å². The number of nitrogens with zero attached hydrogens (tertiary/aromatic N) is 1. The van der Waals surface area contributed by atoms with Crippen LogP contribution in [0.1, 0.15) is 42.6 Å². The Morgan fingerprint density at radius 2 is 1.76 bits per heavy atom. The summed E-state index contributed by atoms with van der Waals surface area (Å²) in [5.41, 5.74) is 2.68. The molecule has 1 heterocycles. The van der Waals surface area contributed by atoms with Crippen LogP contribution in [0, 0.1) is 0 Å². The van der Waals surface area contributed by atoms with E-state index in [4.69, 9.17) is 0 Å². The molecule has 0 spiro atoms. The van der Waals surface area contributed by atoms with Crippen molar-refractivity contribution in [3.05, 3.63) is 53.6 Å². The van der Waals surface area contributed by atoms with Gasteiger partial charge in [0.25, 0.3) is 5.91 Å². The number of nitrogens with one attached hydrogen (secondary N) is 2. The van der Waals surface area contributed by atoms with E-state index >= 15 is 0 Å². The topological polar surface area (TPSA) is 95.6 Å². The predicted molar refractivity (Wildman–Crippen MR) is 113 cm³/mol. The van der Waals surface area contributed by atoms with Gasteiger partial charge in [0.2, 0.25) is 15.9 Å². The second-order valence-corrected chi connectivity index (χ2v) is 8.78. The van der Waals surface area contributed by atoms with Gasteiger partial charge < -0.3 is 10.6 Å². The lowest BCUT2D eigenvalue weighted by atomic mass is 10.0. The van der Waals surface area contributed by atoms with Crippen molar-refractivity contribution >= 4 is 33.2 Å². The van der Waals surface area contributed by atoms with Gasteiger partial charge in [-0.1, -0.05) is 13.8 Å². The highest BCUT2D eigenvalue weighted by Gasteiger charge is 2.21. The van der Waals surface area contributed by atoms with Crippen LogP contribution in [0.25, 0.3) is 0 Å². The summed E-state index contributed by atoms with van der Waals surface area (Å²) in [5.74, 6) is -0.302. The molecule has 2 amide bonds. The Bertz CT molecular complexity index is 1010. The van der Waals surface area contributed by atoms with Crippen LogP contribution in [0.15, 0.2) is 47.4 Å². The fraction of sp³-hybridized carbons (Fsp3) is 0.333. The van der Waals surface area contributed by atoms with Gasteiger partial charge in [-0.25, -0.2) is 8.42 Å². The number of rotatable bonds is 6. The van der Waals surface area contributed by atoms with Crippen LogP contribution in [0.5, 0.6) is 0 Å². The Morgan fingerprint density at radius 1 is 1.07 bits per heavy atom. The Labute approximate surface area is 171 Å². The molecule has 2 aromatic carbocycles. The molecule has 29 heavy (non-hydrogen) atoms. The van der Waals surface area contributed by atoms with Crippen LogP contribution in [0.4, 0.5) is 11.4 Å². The highest BCUT2D eigenvalue weighted by Crippen LogP contribution is 2.24. The summed E-state index contributed by atoms with van der Waals surface area (Å²) in [6, 6.07) is 11.4. The van der Waals surface area contributed by atoms with Crippen molar-refractivity contribution in [2.24, 2.45) is 0 Å². The van der Waals surface area contributed by atoms with Crippen molar-refractivity contribution in [3.63, 3.8) is 0 Å². The van der Waals surface area contributed by atoms with E-state index in [1.165, 1.54) is 16.4 Å². The highest BCUT2D eigenvalue weighted by molar-refractivity contribution is 7.89. The first-order valence-corrected chi connectivity index (χ1v) is 11.1. The third-order valence-electron chi connectivity index (χ3n) is 4.95. The van der Waals surface area contributed by atoms with Crippen LogP contribution in [0.2, 0.25) is 0 Å². The SMILES string of the molecule is CCN(CC)S(=O)(=O)c1ccc(NC(=O)c2ccc3c(c2)CCCC(=O)N3)cc1. The predicted octanol–water partition coefficient (Wildman–Crippen LogP) is 3.24. The van der Waals surface area contributed by atoms with Crippen molar-refractivity contribution in [1.29, 1.82) is 0 Å². The second kappa shape index (κ2) is 8.75. The molecule has 1 aliphatic heterocycles. The van der Waals surface area contributed by atoms with Gasteiger partial charge in [-0.15, -0.1) is 0 Å². The van der Waals surface area contributed by atoms with Gasteiger partial charge in [-0.05, 0) is 60.9 Å². The number of carbonyl (C=O) groups excluding carboxylic acids is 2. The summed E-state index contributed by atoms with van der Waals surface area (Å²) in [6.07, 6.45) is 1.94. The molecular formula is C21H25N3O4S. The van der Waals surface area contributed by atoms with Crippen molar-refractivity contribution < 1.29 is 18.0 Å². The monoisotopic (exact) mass is 415 g/mol. The van der Waals surface area contributed by atoms with E-state index in [-0.39, 0.29) is 16.7 Å². The van der Waals surface area contributed by atoms with E-state index in [1.807, 2.05) is 0 Å². The summed E-state index contributed by atoms with van der Waals surface area (Å²) in [4.78, 5) is 24.5. The Balaban J connectivity index is 1.75. The molecule has 0 atom stereocenters. The van der Waals surface area contributed by atoms with Crippen molar-refractivity contribution in [3.8, 4) is 0 Å². The summed E-state index contributed by atoms with van der Waals surface area (Å²) >= 11 is 0. The zero-order chi connectivity index (χ0) is 21.0. The Hall–Kier alpha value is -2.71. The van der Waals surface area contributed by atoms with Gasteiger partial charge in [0.15, 0.2) is 0 Å². The number of anilines is 2. The standard InChI is InChI=1S/C21H25N3O4S/c1-3-24(4-2)29(27,28)18-11-9-17(10-12-18)22-21(26)16-8-13-19-15(14-16)6-5-7-20(25)23-19/h8-14H,3-7H2,1-2H3,(H,22,26)(H,23,25). The fourth-order valence-corrected chi connectivity index (χ4v) is 4.80. The normalized spacial score (nSPS) is 14.1. The number of fused-ring (bicyclic) bond motifs is 1. The van der Waals surface area contributed by atoms with Gasteiger partial charge in [-0.2, -0.15) is 4.31 Å². The molecule has 154 valence electrons. The first-order valence-electron chi connectivity index (χ1n) is 9.69. The zero-order valence-corrected chi connectivity index (χ0v) is 17.4. The lowest BCUT2D eigenvalue weighted by Gasteiger charge is -2.18. The van der Waals surface area contributed by atoms with E-state index in [9.17, 15) is 18.0 Å². The van der Waals surface area contributed by atoms with Crippen LogP contribution in [-0.2, 0) is 21.2 Å². The maximum absolute atomic E-state index is 12.6. The van der Waals surface area contributed by atoms with Crippen LogP contribution in [-0.4, -0.2) is 37.6 Å². The summed E-state index contributed by atoms with van der Waals surface area (Å²) in [6.45, 7) is 4.38. The van der Waals surface area contributed by atoms with Crippen molar-refractivity contribution in [2.75, 3.05) is 23.7 Å². The minimum absolute atomic E-state index is 0.0132. The molecule has 0 saturated carbocycles. The average Bonchev–Trinajstić information content (AvgIpc) is 2.89. The summed E-state index contributed by atoms with van der Waals surface area (Å²) in [5, 5.41) is 5.64. The van der Waals surface area contributed by atoms with Crippen LogP contribution < -0.4 is 10.6 Å². The molecule has 0 bridgehead atoms. The Morgan fingerprint density at radius 3 is 2.41 bits per heavy atom. The van der Waals surface area contributed by atoms with E-state index in [1.54, 1.807) is 44.2 Å². The summed E-state index contributed by atoms with van der Waals surface area (Å²) < 4.78 is 26.5. The smallest absolute Gasteiger partial charge is 0.255 e. The molecule has 0 unspecified atom stereocenters. The van der Waals surface area contributed by atoms with E-state index in [2.05, 4.69) is 10.6 Å². The molecule has 0 saturated heterocycles. The number of sulfonamides is 1. The molecular weight excluding hydrogens is 390 g/mol. The largest absolute Gasteiger partial charge is 0.326 e. The number of benzene rings is 2. The minimum atomic E-state index is -3.53. The minimum Gasteiger partial charge on any atom is -0.326 e. The van der Waals surface area contributed by atoms with Gasteiger partial charge in [0.05, 0.1) is 4.90 Å². The van der Waals surface area contributed by atoms with E-state index < -0.39 is 10.0 Å². The molecule has 2 N–H and O–H groups in total. The Kier molecular flexibility index (Phi) is 6.34. The van der Waals surface area contributed by atoms with Gasteiger partial charge in [-0.3, -0.25) is 9.59 Å². The molecule has 8 heteroatoms. The van der Waals surface area contributed by atoms with Gasteiger partial charge >= 0.3 is 0 Å². The molecule has 2 aromatic rings. The summed E-state index contributed by atoms with van der Waals surface area (Å²) in [7, 11) is -3.53. The van der Waals surface area contributed by atoms with Crippen molar-refractivity contribution in [2.45, 2.75) is 38.0 Å². The fourth-order valence-electron chi connectivity index (χ4n) is 3.34. The maximum atomic E-state index is 12.6. The molecule has 3 rings (SSSR count). The van der Waals surface area contributed by atoms with Gasteiger partial charge in [0, 0.05) is 36.4 Å². The third kappa shape index (κ3) is 4.65. The first-order chi connectivity index (χ1) is 13.8. The van der Waals surface area contributed by atoms with Crippen molar-refractivity contribution in [1.82, 2.24) is 4.31 Å². The second-order valence-electron chi connectivity index (χ2n) is 6.84. The maximum Gasteiger partial charge on any atom is 0.255 e. The lowest BCUT2D eigenvalue weighted by Crippen LogP contribution is -2.30. The molecule has 0 radical (unpaired) electrons. The average molecular weight is 416 g/mol. The quantitative estimate of drug-likeness (QED) is 0.757.